The van der Waals surface area contributed by atoms with Gasteiger partial charge < -0.3 is 9.84 Å². The first-order valence-corrected chi connectivity index (χ1v) is 5.56. The van der Waals surface area contributed by atoms with E-state index in [1.807, 2.05) is 13.0 Å². The van der Waals surface area contributed by atoms with E-state index < -0.39 is 0 Å². The van der Waals surface area contributed by atoms with E-state index in [1.165, 1.54) is 0 Å². The van der Waals surface area contributed by atoms with Gasteiger partial charge in [0.15, 0.2) is 5.75 Å². The van der Waals surface area contributed by atoms with Crippen molar-refractivity contribution in [3.63, 3.8) is 0 Å². The van der Waals surface area contributed by atoms with Crippen LogP contribution in [0.3, 0.4) is 0 Å². The van der Waals surface area contributed by atoms with E-state index in [0.717, 1.165) is 20.0 Å². The van der Waals surface area contributed by atoms with E-state index in [1.54, 1.807) is 23.5 Å². The molecule has 0 aliphatic rings. The molecule has 1 N–H and O–H groups in total. The van der Waals surface area contributed by atoms with Crippen molar-refractivity contribution in [2.24, 2.45) is 0 Å². The van der Waals surface area contributed by atoms with Crippen molar-refractivity contribution < 1.29 is 9.84 Å². The number of ether oxygens (including phenoxy) is 1. The summed E-state index contributed by atoms with van der Waals surface area (Å²) in [5.41, 5.74) is 0. The molecule has 0 radical (unpaired) electrons. The number of aromatic hydroxyl groups is 1. The Morgan fingerprint density at radius 2 is 2.29 bits per heavy atom. The number of hydrogen-bond acceptors (Lipinski definition) is 4. The lowest BCUT2D eigenvalue weighted by Crippen LogP contribution is -1.90. The zero-order valence-electron chi connectivity index (χ0n) is 7.65. The van der Waals surface area contributed by atoms with Gasteiger partial charge in [0.25, 0.3) is 0 Å². The van der Waals surface area contributed by atoms with Crippen molar-refractivity contribution in [3.05, 3.63) is 18.2 Å². The van der Waals surface area contributed by atoms with Crippen LogP contribution >= 0.6 is 24.0 Å². The summed E-state index contributed by atoms with van der Waals surface area (Å²) in [6.07, 6.45) is 0. The third-order valence-corrected chi connectivity index (χ3v) is 3.33. The quantitative estimate of drug-likeness (QED) is 0.769. The van der Waals surface area contributed by atoms with Crippen molar-refractivity contribution in [2.45, 2.75) is 11.1 Å². The third kappa shape index (κ3) is 1.55. The number of benzene rings is 1. The highest BCUT2D eigenvalue weighted by Crippen LogP contribution is 2.41. The number of fused-ring (bicyclic) bond motifs is 1. The highest BCUT2D eigenvalue weighted by molar-refractivity contribution is 7.83. The van der Waals surface area contributed by atoms with Crippen LogP contribution in [-0.2, 0) is 0 Å². The number of phenolic OH excluding ortho intramolecular Hbond substituents is 1. The molecule has 0 aliphatic carbocycles. The molecule has 1 aromatic carbocycles. The van der Waals surface area contributed by atoms with Crippen LogP contribution in [0.5, 0.6) is 11.5 Å². The van der Waals surface area contributed by atoms with Crippen LogP contribution in [0.2, 0.25) is 0 Å². The predicted molar refractivity (Wildman–Crippen MR) is 61.9 cm³/mol. The fourth-order valence-electron chi connectivity index (χ4n) is 1.33. The summed E-state index contributed by atoms with van der Waals surface area (Å²) in [4.78, 5) is 0. The predicted octanol–water partition coefficient (Wildman–Crippen LogP) is 3.29. The molecule has 0 bridgehead atoms. The number of rotatable bonds is 2. The Kier molecular flexibility index (Phi) is 2.56. The summed E-state index contributed by atoms with van der Waals surface area (Å²) in [5, 5.41) is 10.3. The molecule has 2 rings (SSSR count). The molecule has 1 heterocycles. The monoisotopic (exact) mass is 226 g/mol. The van der Waals surface area contributed by atoms with Gasteiger partial charge in [0.1, 0.15) is 9.96 Å². The Hall–Kier alpha value is -0.870. The normalized spacial score (nSPS) is 10.7. The molecule has 74 valence electrons. The zero-order valence-corrected chi connectivity index (χ0v) is 9.36. The van der Waals surface area contributed by atoms with Gasteiger partial charge >= 0.3 is 0 Å². The highest BCUT2D eigenvalue weighted by Gasteiger charge is 2.10. The van der Waals surface area contributed by atoms with Crippen LogP contribution in [-0.4, -0.2) is 11.7 Å². The van der Waals surface area contributed by atoms with Gasteiger partial charge in [0.05, 0.1) is 6.61 Å². The van der Waals surface area contributed by atoms with E-state index in [4.69, 9.17) is 4.74 Å². The van der Waals surface area contributed by atoms with E-state index in [0.29, 0.717) is 6.61 Å². The maximum absolute atomic E-state index is 9.36. The molecule has 0 atom stereocenters. The van der Waals surface area contributed by atoms with Gasteiger partial charge in [0, 0.05) is 10.1 Å². The lowest BCUT2D eigenvalue weighted by atomic mass is 10.2. The second-order valence-electron chi connectivity index (χ2n) is 2.85. The van der Waals surface area contributed by atoms with Gasteiger partial charge in [-0.1, -0.05) is 0 Å². The van der Waals surface area contributed by atoms with Crippen LogP contribution in [0.15, 0.2) is 22.4 Å². The average molecular weight is 226 g/mol. The lowest BCUT2D eigenvalue weighted by molar-refractivity contribution is 0.339. The topological polar surface area (TPSA) is 29.5 Å². The molecule has 0 unspecified atom stereocenters. The molecule has 0 saturated carbocycles. The fraction of sp³-hybridized carbons (Fsp3) is 0.200. The molecule has 2 nitrogen and oxygen atoms in total. The zero-order chi connectivity index (χ0) is 10.1. The Morgan fingerprint density at radius 1 is 1.50 bits per heavy atom. The Bertz CT molecular complexity index is 462. The molecule has 2 aromatic rings. The molecular formula is C10H10O2S2. The molecule has 0 saturated heterocycles. The molecule has 0 aliphatic heterocycles. The first-order chi connectivity index (χ1) is 6.72. The number of thiol groups is 1. The molecule has 4 heteroatoms. The molecule has 0 amide bonds. The minimum atomic E-state index is 0.254. The van der Waals surface area contributed by atoms with Crippen molar-refractivity contribution in [1.29, 1.82) is 0 Å². The van der Waals surface area contributed by atoms with E-state index in [-0.39, 0.29) is 5.75 Å². The van der Waals surface area contributed by atoms with Gasteiger partial charge in [-0.05, 0) is 25.1 Å². The van der Waals surface area contributed by atoms with Crippen LogP contribution in [0, 0.1) is 0 Å². The Labute approximate surface area is 91.5 Å². The van der Waals surface area contributed by atoms with Gasteiger partial charge in [-0.25, -0.2) is 0 Å². The second-order valence-corrected chi connectivity index (χ2v) is 4.65. The lowest BCUT2D eigenvalue weighted by Gasteiger charge is -2.01. The van der Waals surface area contributed by atoms with Crippen molar-refractivity contribution in [2.75, 3.05) is 6.61 Å². The van der Waals surface area contributed by atoms with E-state index in [9.17, 15) is 5.11 Å². The minimum Gasteiger partial charge on any atom is -0.508 e. The number of thiophene rings is 1. The summed E-state index contributed by atoms with van der Waals surface area (Å²) in [5.74, 6) is 1.02. The van der Waals surface area contributed by atoms with Crippen LogP contribution in [0.4, 0.5) is 0 Å². The number of hydrogen-bond donors (Lipinski definition) is 2. The summed E-state index contributed by atoms with van der Waals surface area (Å²) in [6.45, 7) is 2.54. The van der Waals surface area contributed by atoms with Gasteiger partial charge in [0.2, 0.25) is 0 Å². The van der Waals surface area contributed by atoms with Gasteiger partial charge in [-0.15, -0.1) is 24.0 Å². The fourth-order valence-corrected chi connectivity index (χ4v) is 2.68. The van der Waals surface area contributed by atoms with Crippen molar-refractivity contribution >= 4 is 34.1 Å². The Balaban J connectivity index is 2.66. The maximum atomic E-state index is 9.36. The molecular weight excluding hydrogens is 216 g/mol. The van der Waals surface area contributed by atoms with Crippen molar-refractivity contribution in [3.8, 4) is 11.5 Å². The molecule has 0 fully saturated rings. The smallest absolute Gasteiger partial charge is 0.151 e. The first kappa shape index (κ1) is 9.68. The van der Waals surface area contributed by atoms with Crippen LogP contribution < -0.4 is 4.74 Å². The summed E-state index contributed by atoms with van der Waals surface area (Å²) in [6, 6.07) is 5.25. The Morgan fingerprint density at radius 3 is 3.00 bits per heavy atom. The molecule has 14 heavy (non-hydrogen) atoms. The summed E-state index contributed by atoms with van der Waals surface area (Å²) >= 11 is 5.89. The summed E-state index contributed by atoms with van der Waals surface area (Å²) < 4.78 is 7.40. The highest BCUT2D eigenvalue weighted by atomic mass is 32.2. The first-order valence-electron chi connectivity index (χ1n) is 4.29. The second kappa shape index (κ2) is 3.71. The van der Waals surface area contributed by atoms with Crippen LogP contribution in [0.25, 0.3) is 10.1 Å². The third-order valence-electron chi connectivity index (χ3n) is 1.90. The molecule has 0 spiro atoms. The number of phenols is 1. The maximum Gasteiger partial charge on any atom is 0.151 e. The van der Waals surface area contributed by atoms with Crippen molar-refractivity contribution in [1.82, 2.24) is 0 Å². The minimum absolute atomic E-state index is 0.254. The van der Waals surface area contributed by atoms with E-state index in [2.05, 4.69) is 12.6 Å². The summed E-state index contributed by atoms with van der Waals surface area (Å²) in [7, 11) is 0. The van der Waals surface area contributed by atoms with Gasteiger partial charge in [-0.3, -0.25) is 0 Å². The van der Waals surface area contributed by atoms with E-state index >= 15 is 0 Å². The average Bonchev–Trinajstić information content (AvgIpc) is 2.45. The standard InChI is InChI=1S/C10H10O2S2/c1-2-12-9-7-5-6(11)3-4-8(7)14-10(9)13/h3-5,11,13H,2H2,1H3. The SMILES string of the molecule is CCOc1c(S)sc2ccc(O)cc12. The van der Waals surface area contributed by atoms with Crippen LogP contribution in [0.1, 0.15) is 6.92 Å². The largest absolute Gasteiger partial charge is 0.508 e. The molecule has 1 aromatic heterocycles. The van der Waals surface area contributed by atoms with Gasteiger partial charge in [-0.2, -0.15) is 0 Å².